The number of benzene rings is 1. The van der Waals surface area contributed by atoms with Crippen LogP contribution in [0.5, 0.6) is 5.75 Å². The predicted molar refractivity (Wildman–Crippen MR) is 115 cm³/mol. The van der Waals surface area contributed by atoms with Crippen molar-refractivity contribution in [3.8, 4) is 5.75 Å². The minimum atomic E-state index is -4.44. The zero-order valence-corrected chi connectivity index (χ0v) is 19.1. The Labute approximate surface area is 178 Å². The van der Waals surface area contributed by atoms with Crippen molar-refractivity contribution in [1.82, 2.24) is 10.2 Å². The highest BCUT2D eigenvalue weighted by molar-refractivity contribution is 7.52. The summed E-state index contributed by atoms with van der Waals surface area (Å²) in [6.45, 7) is 5.39. The van der Waals surface area contributed by atoms with E-state index in [1.807, 2.05) is 13.8 Å². The molecule has 0 heterocycles. The van der Waals surface area contributed by atoms with Crippen molar-refractivity contribution in [2.24, 2.45) is 11.7 Å². The van der Waals surface area contributed by atoms with Crippen LogP contribution < -0.4 is 15.8 Å². The quantitative estimate of drug-likeness (QED) is 0.377. The Morgan fingerprint density at radius 2 is 1.77 bits per heavy atom. The lowest BCUT2D eigenvalue weighted by Gasteiger charge is -2.29. The standard InChI is InChI=1S/C20H34N3O6P/c1-6-18(30(26,27)28)22-17(11-13(2)3)20(25)23(4)19(24)16(21)12-14-7-9-15(29-5)10-8-14/h7-10,13,16-18,22H,6,11-12,21H2,1-5H3,(H2,26,27,28)/t16-,17?,18?/m0/s1. The smallest absolute Gasteiger partial charge is 0.342 e. The number of imide groups is 1. The summed E-state index contributed by atoms with van der Waals surface area (Å²) in [6, 6.07) is 5.26. The van der Waals surface area contributed by atoms with Gasteiger partial charge in [0.25, 0.3) is 0 Å². The molecule has 1 aromatic carbocycles. The first-order valence-corrected chi connectivity index (χ1v) is 11.6. The Bertz CT molecular complexity index is 749. The number of ether oxygens (including phenoxy) is 1. The molecule has 0 aromatic heterocycles. The van der Waals surface area contributed by atoms with E-state index < -0.39 is 37.3 Å². The average molecular weight is 443 g/mol. The van der Waals surface area contributed by atoms with Gasteiger partial charge in [0.05, 0.1) is 19.2 Å². The summed E-state index contributed by atoms with van der Waals surface area (Å²) in [7, 11) is -1.54. The lowest BCUT2D eigenvalue weighted by Crippen LogP contribution is -2.54. The third kappa shape index (κ3) is 7.81. The van der Waals surface area contributed by atoms with Crippen LogP contribution in [0.1, 0.15) is 39.2 Å². The van der Waals surface area contributed by atoms with Crippen LogP contribution in [0.2, 0.25) is 0 Å². The van der Waals surface area contributed by atoms with Crippen molar-refractivity contribution in [2.75, 3.05) is 14.2 Å². The van der Waals surface area contributed by atoms with Crippen molar-refractivity contribution in [1.29, 1.82) is 0 Å². The maximum absolute atomic E-state index is 13.0. The van der Waals surface area contributed by atoms with E-state index >= 15 is 0 Å². The molecule has 0 aliphatic heterocycles. The van der Waals surface area contributed by atoms with Crippen LogP contribution >= 0.6 is 7.60 Å². The topological polar surface area (TPSA) is 142 Å². The first-order valence-electron chi connectivity index (χ1n) is 9.91. The van der Waals surface area contributed by atoms with Crippen LogP contribution in [0.15, 0.2) is 24.3 Å². The Morgan fingerprint density at radius 1 is 1.20 bits per heavy atom. The summed E-state index contributed by atoms with van der Waals surface area (Å²) >= 11 is 0. The highest BCUT2D eigenvalue weighted by Crippen LogP contribution is 2.41. The van der Waals surface area contributed by atoms with Gasteiger partial charge >= 0.3 is 7.60 Å². The van der Waals surface area contributed by atoms with Gasteiger partial charge < -0.3 is 20.3 Å². The van der Waals surface area contributed by atoms with Crippen molar-refractivity contribution in [2.45, 2.75) is 57.9 Å². The molecule has 0 saturated carbocycles. The Balaban J connectivity index is 2.90. The monoisotopic (exact) mass is 443 g/mol. The van der Waals surface area contributed by atoms with E-state index in [4.69, 9.17) is 10.5 Å². The molecule has 10 heteroatoms. The number of rotatable bonds is 11. The van der Waals surface area contributed by atoms with Gasteiger partial charge in [0, 0.05) is 7.05 Å². The van der Waals surface area contributed by atoms with Gasteiger partial charge in [0.15, 0.2) is 0 Å². The Kier molecular flexibility index (Phi) is 10.1. The largest absolute Gasteiger partial charge is 0.497 e. The van der Waals surface area contributed by atoms with E-state index in [0.29, 0.717) is 12.2 Å². The lowest BCUT2D eigenvalue weighted by molar-refractivity contribution is -0.145. The minimum Gasteiger partial charge on any atom is -0.497 e. The van der Waals surface area contributed by atoms with E-state index in [0.717, 1.165) is 10.5 Å². The van der Waals surface area contributed by atoms with Crippen LogP contribution in [0.4, 0.5) is 0 Å². The first-order chi connectivity index (χ1) is 13.9. The Morgan fingerprint density at radius 3 is 2.20 bits per heavy atom. The molecule has 1 rings (SSSR count). The zero-order chi connectivity index (χ0) is 23.1. The third-order valence-corrected chi connectivity index (χ3v) is 6.11. The number of amides is 2. The molecular weight excluding hydrogens is 409 g/mol. The summed E-state index contributed by atoms with van der Waals surface area (Å²) in [5.41, 5.74) is 6.86. The van der Waals surface area contributed by atoms with Crippen molar-refractivity contribution < 1.29 is 28.7 Å². The highest BCUT2D eigenvalue weighted by Gasteiger charge is 2.35. The number of carbonyl (C=O) groups is 2. The molecule has 5 N–H and O–H groups in total. The van der Waals surface area contributed by atoms with Crippen molar-refractivity contribution in [3.63, 3.8) is 0 Å². The molecule has 0 spiro atoms. The molecule has 1 aromatic rings. The minimum absolute atomic E-state index is 0.0669. The first kappa shape index (κ1) is 26.3. The van der Waals surface area contributed by atoms with Gasteiger partial charge in [0.2, 0.25) is 11.8 Å². The van der Waals surface area contributed by atoms with E-state index in [-0.39, 0.29) is 18.8 Å². The molecule has 0 saturated heterocycles. The lowest BCUT2D eigenvalue weighted by atomic mass is 10.0. The summed E-state index contributed by atoms with van der Waals surface area (Å²) in [6.07, 6.45) is 0.699. The number of nitrogens with zero attached hydrogens (tertiary/aromatic N) is 1. The van der Waals surface area contributed by atoms with Gasteiger partial charge in [-0.05, 0) is 42.9 Å². The zero-order valence-electron chi connectivity index (χ0n) is 18.2. The van der Waals surface area contributed by atoms with Gasteiger partial charge in [-0.15, -0.1) is 0 Å². The maximum atomic E-state index is 13.0. The number of likely N-dealkylation sites (N-methyl/N-ethyl adjacent to an activating group) is 1. The van der Waals surface area contributed by atoms with E-state index in [2.05, 4.69) is 5.32 Å². The highest BCUT2D eigenvalue weighted by atomic mass is 31.2. The number of carbonyl (C=O) groups excluding carboxylic acids is 2. The number of methoxy groups -OCH3 is 1. The second-order valence-corrected chi connectivity index (χ2v) is 9.56. The van der Waals surface area contributed by atoms with E-state index in [1.54, 1.807) is 38.3 Å². The summed E-state index contributed by atoms with van der Waals surface area (Å²) < 4.78 is 16.8. The number of nitrogens with two attached hydrogens (primary N) is 1. The third-order valence-electron chi connectivity index (χ3n) is 4.78. The molecule has 9 nitrogen and oxygen atoms in total. The molecule has 3 atom stereocenters. The molecule has 0 aliphatic rings. The maximum Gasteiger partial charge on any atom is 0.342 e. The van der Waals surface area contributed by atoms with Gasteiger partial charge in [-0.25, -0.2) is 0 Å². The summed E-state index contributed by atoms with van der Waals surface area (Å²) in [5.74, 6) is -1.54. The van der Waals surface area contributed by atoms with Crippen LogP contribution in [0.25, 0.3) is 0 Å². The van der Waals surface area contributed by atoms with Crippen molar-refractivity contribution in [3.05, 3.63) is 29.8 Å². The second-order valence-electron chi connectivity index (χ2n) is 7.76. The van der Waals surface area contributed by atoms with Gasteiger partial charge in [-0.3, -0.25) is 24.4 Å². The van der Waals surface area contributed by atoms with E-state index in [1.165, 1.54) is 7.05 Å². The average Bonchev–Trinajstić information content (AvgIpc) is 2.68. The van der Waals surface area contributed by atoms with Crippen LogP contribution in [0.3, 0.4) is 0 Å². The van der Waals surface area contributed by atoms with Crippen LogP contribution in [0, 0.1) is 5.92 Å². The van der Waals surface area contributed by atoms with Crippen LogP contribution in [-0.4, -0.2) is 58.5 Å². The molecule has 2 unspecified atom stereocenters. The molecule has 0 radical (unpaired) electrons. The summed E-state index contributed by atoms with van der Waals surface area (Å²) in [5, 5.41) is 2.75. The normalized spacial score (nSPS) is 14.8. The van der Waals surface area contributed by atoms with E-state index in [9.17, 15) is 23.9 Å². The molecule has 2 amide bonds. The molecular formula is C20H34N3O6P. The van der Waals surface area contributed by atoms with Gasteiger partial charge in [0.1, 0.15) is 11.5 Å². The molecule has 0 bridgehead atoms. The van der Waals surface area contributed by atoms with Gasteiger partial charge in [-0.2, -0.15) is 0 Å². The second kappa shape index (κ2) is 11.6. The number of hydrogen-bond donors (Lipinski definition) is 4. The molecule has 0 fully saturated rings. The fraction of sp³-hybridized carbons (Fsp3) is 0.600. The van der Waals surface area contributed by atoms with Crippen molar-refractivity contribution >= 4 is 19.4 Å². The predicted octanol–water partition coefficient (Wildman–Crippen LogP) is 1.47. The molecule has 0 aliphatic carbocycles. The number of hydrogen-bond acceptors (Lipinski definition) is 6. The number of nitrogens with one attached hydrogen (secondary N) is 1. The fourth-order valence-electron chi connectivity index (χ4n) is 3.09. The fourth-order valence-corrected chi connectivity index (χ4v) is 3.94. The Hall–Kier alpha value is -1.77. The summed E-state index contributed by atoms with van der Waals surface area (Å²) in [4.78, 5) is 45.6. The van der Waals surface area contributed by atoms with Gasteiger partial charge in [-0.1, -0.05) is 32.9 Å². The molecule has 170 valence electrons. The SMILES string of the molecule is CCC(NC(CC(C)C)C(=O)N(C)C(=O)[C@@H](N)Cc1ccc(OC)cc1)P(=O)(O)O. The molecule has 30 heavy (non-hydrogen) atoms. The van der Waals surface area contributed by atoms with Crippen LogP contribution in [-0.2, 0) is 20.6 Å².